The van der Waals surface area contributed by atoms with Crippen molar-refractivity contribution < 1.29 is 9.59 Å². The second-order valence-corrected chi connectivity index (χ2v) is 6.82. The zero-order chi connectivity index (χ0) is 16.2. The first-order valence-electron chi connectivity index (χ1n) is 7.84. The minimum Gasteiger partial charge on any atom is -0.337 e. The van der Waals surface area contributed by atoms with Gasteiger partial charge in [0, 0.05) is 18.8 Å². The number of benzene rings is 1. The van der Waals surface area contributed by atoms with Crippen LogP contribution in [0.2, 0.25) is 0 Å². The van der Waals surface area contributed by atoms with Gasteiger partial charge in [-0.25, -0.2) is 0 Å². The second kappa shape index (κ2) is 6.96. The van der Waals surface area contributed by atoms with Crippen LogP contribution in [0.1, 0.15) is 28.1 Å². The Morgan fingerprint density at radius 1 is 1.22 bits per heavy atom. The normalized spacial score (nSPS) is 17.8. The Morgan fingerprint density at radius 3 is 2.78 bits per heavy atom. The number of hydrogen-bond donors (Lipinski definition) is 1. The molecule has 1 N–H and O–H groups in total. The van der Waals surface area contributed by atoms with E-state index in [4.69, 9.17) is 0 Å². The van der Waals surface area contributed by atoms with E-state index in [1.807, 2.05) is 48.7 Å². The number of carbonyl (C=O) groups excluding carboxylic acids is 2. The number of nitrogens with zero attached hydrogens (tertiary/aromatic N) is 1. The van der Waals surface area contributed by atoms with E-state index in [0.29, 0.717) is 6.54 Å². The number of rotatable bonds is 3. The fourth-order valence-electron chi connectivity index (χ4n) is 2.88. The van der Waals surface area contributed by atoms with Gasteiger partial charge in [0.2, 0.25) is 5.91 Å². The Morgan fingerprint density at radius 2 is 2.04 bits per heavy atom. The Bertz CT molecular complexity index is 697. The van der Waals surface area contributed by atoms with Gasteiger partial charge in [0.25, 0.3) is 5.91 Å². The molecule has 2 heterocycles. The maximum atomic E-state index is 12.5. The predicted molar refractivity (Wildman–Crippen MR) is 92.8 cm³/mol. The van der Waals surface area contributed by atoms with E-state index in [0.717, 1.165) is 35.5 Å². The number of para-hydroxylation sites is 1. The SMILES string of the molecule is Cc1ccccc1NC(=O)[C@@H]1CCCN(C(=O)c2cccs2)C1. The Kier molecular flexibility index (Phi) is 4.76. The minimum atomic E-state index is -0.146. The number of piperidine rings is 1. The quantitative estimate of drug-likeness (QED) is 0.937. The van der Waals surface area contributed by atoms with Crippen LogP contribution in [-0.4, -0.2) is 29.8 Å². The number of amides is 2. The number of likely N-dealkylation sites (tertiary alicyclic amines) is 1. The van der Waals surface area contributed by atoms with E-state index in [1.54, 1.807) is 4.90 Å². The molecule has 120 valence electrons. The van der Waals surface area contributed by atoms with Crippen LogP contribution in [0.15, 0.2) is 41.8 Å². The van der Waals surface area contributed by atoms with E-state index in [9.17, 15) is 9.59 Å². The van der Waals surface area contributed by atoms with E-state index >= 15 is 0 Å². The van der Waals surface area contributed by atoms with Gasteiger partial charge >= 0.3 is 0 Å². The fourth-order valence-corrected chi connectivity index (χ4v) is 3.57. The average molecular weight is 328 g/mol. The van der Waals surface area contributed by atoms with Gasteiger partial charge in [-0.05, 0) is 42.8 Å². The lowest BCUT2D eigenvalue weighted by Crippen LogP contribution is -2.43. The second-order valence-electron chi connectivity index (χ2n) is 5.87. The molecule has 1 aromatic heterocycles. The monoisotopic (exact) mass is 328 g/mol. The van der Waals surface area contributed by atoms with E-state index in [2.05, 4.69) is 5.32 Å². The molecule has 2 amide bonds. The van der Waals surface area contributed by atoms with Gasteiger partial charge in [-0.3, -0.25) is 9.59 Å². The molecule has 3 rings (SSSR count). The summed E-state index contributed by atoms with van der Waals surface area (Å²) in [6.45, 7) is 3.20. The fraction of sp³-hybridized carbons (Fsp3) is 0.333. The predicted octanol–water partition coefficient (Wildman–Crippen LogP) is 3.55. The minimum absolute atomic E-state index is 0.00276. The third-order valence-electron chi connectivity index (χ3n) is 4.21. The van der Waals surface area contributed by atoms with Gasteiger partial charge in [-0.15, -0.1) is 11.3 Å². The summed E-state index contributed by atoms with van der Waals surface area (Å²) >= 11 is 1.45. The van der Waals surface area contributed by atoms with Crippen LogP contribution in [0, 0.1) is 12.8 Å². The van der Waals surface area contributed by atoms with Crippen molar-refractivity contribution in [1.29, 1.82) is 0 Å². The molecule has 0 radical (unpaired) electrons. The Hall–Kier alpha value is -2.14. The summed E-state index contributed by atoms with van der Waals surface area (Å²) in [7, 11) is 0. The summed E-state index contributed by atoms with van der Waals surface area (Å²) in [6.07, 6.45) is 1.69. The van der Waals surface area contributed by atoms with Crippen molar-refractivity contribution >= 4 is 28.8 Å². The lowest BCUT2D eigenvalue weighted by atomic mass is 9.96. The van der Waals surface area contributed by atoms with E-state index in [1.165, 1.54) is 11.3 Å². The average Bonchev–Trinajstić information content (AvgIpc) is 3.11. The van der Waals surface area contributed by atoms with Crippen LogP contribution < -0.4 is 5.32 Å². The largest absolute Gasteiger partial charge is 0.337 e. The number of anilines is 1. The first-order valence-corrected chi connectivity index (χ1v) is 8.72. The molecular formula is C18H20N2O2S. The highest BCUT2D eigenvalue weighted by Gasteiger charge is 2.29. The molecule has 23 heavy (non-hydrogen) atoms. The zero-order valence-corrected chi connectivity index (χ0v) is 13.9. The molecule has 0 spiro atoms. The molecule has 1 saturated heterocycles. The molecule has 0 bridgehead atoms. The number of aryl methyl sites for hydroxylation is 1. The topological polar surface area (TPSA) is 49.4 Å². The van der Waals surface area contributed by atoms with Crippen molar-refractivity contribution in [2.75, 3.05) is 18.4 Å². The smallest absolute Gasteiger partial charge is 0.263 e. The van der Waals surface area contributed by atoms with Gasteiger partial charge in [0.15, 0.2) is 0 Å². The van der Waals surface area contributed by atoms with Crippen LogP contribution in [-0.2, 0) is 4.79 Å². The third-order valence-corrected chi connectivity index (χ3v) is 5.07. The maximum Gasteiger partial charge on any atom is 0.263 e. The highest BCUT2D eigenvalue weighted by atomic mass is 32.1. The van der Waals surface area contributed by atoms with Gasteiger partial charge in [0.05, 0.1) is 10.8 Å². The van der Waals surface area contributed by atoms with E-state index in [-0.39, 0.29) is 17.7 Å². The molecule has 1 atom stereocenters. The highest BCUT2D eigenvalue weighted by Crippen LogP contribution is 2.22. The zero-order valence-electron chi connectivity index (χ0n) is 13.1. The lowest BCUT2D eigenvalue weighted by Gasteiger charge is -2.31. The summed E-state index contributed by atoms with van der Waals surface area (Å²) in [5, 5.41) is 4.90. The van der Waals surface area contributed by atoms with Crippen molar-refractivity contribution in [3.63, 3.8) is 0 Å². The first kappa shape index (κ1) is 15.7. The summed E-state index contributed by atoms with van der Waals surface area (Å²) in [4.78, 5) is 27.5. The van der Waals surface area contributed by atoms with Crippen LogP contribution in [0.3, 0.4) is 0 Å². The maximum absolute atomic E-state index is 12.5. The Balaban J connectivity index is 1.65. The van der Waals surface area contributed by atoms with Crippen LogP contribution in [0.4, 0.5) is 5.69 Å². The van der Waals surface area contributed by atoms with E-state index < -0.39 is 0 Å². The molecule has 0 saturated carbocycles. The van der Waals surface area contributed by atoms with Gasteiger partial charge in [-0.1, -0.05) is 24.3 Å². The number of nitrogens with one attached hydrogen (secondary N) is 1. The molecule has 0 unspecified atom stereocenters. The standard InChI is InChI=1S/C18H20N2O2S/c1-13-6-2-3-8-15(13)19-17(21)14-7-4-10-20(12-14)18(22)16-9-5-11-23-16/h2-3,5-6,8-9,11,14H,4,7,10,12H2,1H3,(H,19,21)/t14-/m1/s1. The molecule has 1 fully saturated rings. The summed E-state index contributed by atoms with van der Waals surface area (Å²) < 4.78 is 0. The van der Waals surface area contributed by atoms with Crippen molar-refractivity contribution in [2.24, 2.45) is 5.92 Å². The van der Waals surface area contributed by atoms with Crippen LogP contribution in [0.5, 0.6) is 0 Å². The van der Waals surface area contributed by atoms with Crippen molar-refractivity contribution in [3.8, 4) is 0 Å². The van der Waals surface area contributed by atoms with Crippen LogP contribution >= 0.6 is 11.3 Å². The Labute approximate surface area is 140 Å². The number of thiophene rings is 1. The van der Waals surface area contributed by atoms with Gasteiger partial charge < -0.3 is 10.2 Å². The first-order chi connectivity index (χ1) is 11.1. The summed E-state index contributed by atoms with van der Waals surface area (Å²) in [5.74, 6) is -0.108. The summed E-state index contributed by atoms with van der Waals surface area (Å²) in [6, 6.07) is 11.5. The third kappa shape index (κ3) is 3.62. The molecule has 1 aliphatic heterocycles. The van der Waals surface area contributed by atoms with Crippen molar-refractivity contribution in [2.45, 2.75) is 19.8 Å². The summed E-state index contributed by atoms with van der Waals surface area (Å²) in [5.41, 5.74) is 1.89. The molecule has 5 heteroatoms. The number of carbonyl (C=O) groups is 2. The molecular weight excluding hydrogens is 308 g/mol. The molecule has 1 aromatic carbocycles. The molecule has 1 aliphatic rings. The highest BCUT2D eigenvalue weighted by molar-refractivity contribution is 7.12. The lowest BCUT2D eigenvalue weighted by molar-refractivity contribution is -0.121. The van der Waals surface area contributed by atoms with Crippen molar-refractivity contribution in [1.82, 2.24) is 4.90 Å². The van der Waals surface area contributed by atoms with Crippen LogP contribution in [0.25, 0.3) is 0 Å². The molecule has 0 aliphatic carbocycles. The molecule has 4 nitrogen and oxygen atoms in total. The van der Waals surface area contributed by atoms with Gasteiger partial charge in [0.1, 0.15) is 0 Å². The van der Waals surface area contributed by atoms with Crippen molar-refractivity contribution in [3.05, 3.63) is 52.2 Å². The molecule has 2 aromatic rings. The number of hydrogen-bond acceptors (Lipinski definition) is 3. The van der Waals surface area contributed by atoms with Gasteiger partial charge in [-0.2, -0.15) is 0 Å².